The normalized spacial score (nSPS) is 16.6. The second-order valence-corrected chi connectivity index (χ2v) is 6.92. The molecule has 0 spiro atoms. The van der Waals surface area contributed by atoms with Crippen molar-refractivity contribution >= 4 is 5.82 Å². The van der Waals surface area contributed by atoms with E-state index in [1.807, 2.05) is 18.3 Å². The maximum atomic E-state index is 4.78. The molecule has 0 amide bonds. The minimum absolute atomic E-state index is 0.698. The molecular weight excluding hydrogens is 320 g/mol. The van der Waals surface area contributed by atoms with Gasteiger partial charge < -0.3 is 10.2 Å². The van der Waals surface area contributed by atoms with E-state index in [2.05, 4.69) is 70.8 Å². The van der Waals surface area contributed by atoms with Gasteiger partial charge in [-0.2, -0.15) is 0 Å². The fraction of sp³-hybridized carbons (Fsp3) is 0.273. The third-order valence-electron chi connectivity index (χ3n) is 4.98. The van der Waals surface area contributed by atoms with Gasteiger partial charge in [-0.1, -0.05) is 54.6 Å². The number of hydrogen-bond donors (Lipinski definition) is 1. The van der Waals surface area contributed by atoms with Crippen LogP contribution in [0.3, 0.4) is 0 Å². The predicted molar refractivity (Wildman–Crippen MR) is 107 cm³/mol. The second-order valence-electron chi connectivity index (χ2n) is 6.92. The molecule has 1 saturated heterocycles. The van der Waals surface area contributed by atoms with E-state index in [4.69, 9.17) is 4.98 Å². The lowest BCUT2D eigenvalue weighted by molar-refractivity contribution is 0.576. The SMILES string of the molecule is CN(CC1CCNC1)c1ccnc(-c2ccc(-c3ccccc3)cc2)n1. The number of anilines is 1. The maximum absolute atomic E-state index is 4.78. The molecule has 2 aromatic carbocycles. The molecular formula is C22H24N4. The van der Waals surface area contributed by atoms with Crippen molar-refractivity contribution in [2.45, 2.75) is 6.42 Å². The molecule has 26 heavy (non-hydrogen) atoms. The van der Waals surface area contributed by atoms with Crippen LogP contribution in [0.5, 0.6) is 0 Å². The molecule has 1 N–H and O–H groups in total. The molecule has 0 aliphatic carbocycles. The fourth-order valence-corrected chi connectivity index (χ4v) is 3.49. The molecule has 4 nitrogen and oxygen atoms in total. The topological polar surface area (TPSA) is 41.0 Å². The standard InChI is InChI=1S/C22H24N4/c1-26(16-17-11-13-23-15-17)21-12-14-24-22(25-21)20-9-7-19(8-10-20)18-5-3-2-4-6-18/h2-10,12,14,17,23H,11,13,15-16H2,1H3. The van der Waals surface area contributed by atoms with Gasteiger partial charge in [0.15, 0.2) is 5.82 Å². The summed E-state index contributed by atoms with van der Waals surface area (Å²) in [4.78, 5) is 11.5. The Labute approximate surface area is 154 Å². The van der Waals surface area contributed by atoms with Gasteiger partial charge in [0.05, 0.1) is 0 Å². The van der Waals surface area contributed by atoms with Crippen LogP contribution < -0.4 is 10.2 Å². The van der Waals surface area contributed by atoms with Gasteiger partial charge >= 0.3 is 0 Å². The van der Waals surface area contributed by atoms with E-state index >= 15 is 0 Å². The monoisotopic (exact) mass is 344 g/mol. The number of aromatic nitrogens is 2. The first-order chi connectivity index (χ1) is 12.8. The smallest absolute Gasteiger partial charge is 0.161 e. The van der Waals surface area contributed by atoms with E-state index in [9.17, 15) is 0 Å². The van der Waals surface area contributed by atoms with Crippen LogP contribution in [-0.4, -0.2) is 36.6 Å². The Hall–Kier alpha value is -2.72. The van der Waals surface area contributed by atoms with Crippen LogP contribution in [0.4, 0.5) is 5.82 Å². The maximum Gasteiger partial charge on any atom is 0.161 e. The van der Waals surface area contributed by atoms with Crippen LogP contribution >= 0.6 is 0 Å². The van der Waals surface area contributed by atoms with Crippen molar-refractivity contribution in [3.05, 3.63) is 66.9 Å². The minimum atomic E-state index is 0.698. The van der Waals surface area contributed by atoms with E-state index < -0.39 is 0 Å². The average Bonchev–Trinajstić information content (AvgIpc) is 3.22. The van der Waals surface area contributed by atoms with Gasteiger partial charge in [-0.3, -0.25) is 0 Å². The highest BCUT2D eigenvalue weighted by molar-refractivity contribution is 5.68. The molecule has 0 bridgehead atoms. The second kappa shape index (κ2) is 7.67. The number of nitrogens with zero attached hydrogens (tertiary/aromatic N) is 3. The van der Waals surface area contributed by atoms with Crippen molar-refractivity contribution in [2.24, 2.45) is 5.92 Å². The summed E-state index contributed by atoms with van der Waals surface area (Å²) in [5, 5.41) is 3.43. The Balaban J connectivity index is 1.52. The van der Waals surface area contributed by atoms with Crippen LogP contribution in [0, 0.1) is 5.92 Å². The van der Waals surface area contributed by atoms with Crippen LogP contribution in [0.1, 0.15) is 6.42 Å². The summed E-state index contributed by atoms with van der Waals surface area (Å²) in [6.45, 7) is 3.25. The summed E-state index contributed by atoms with van der Waals surface area (Å²) in [6, 6.07) is 20.9. The lowest BCUT2D eigenvalue weighted by atomic mass is 10.0. The first-order valence-corrected chi connectivity index (χ1v) is 9.20. The Kier molecular flexibility index (Phi) is 4.93. The molecule has 3 aromatic rings. The highest BCUT2D eigenvalue weighted by Crippen LogP contribution is 2.24. The lowest BCUT2D eigenvalue weighted by Gasteiger charge is -2.21. The van der Waals surface area contributed by atoms with Crippen LogP contribution in [0.25, 0.3) is 22.5 Å². The molecule has 1 unspecified atom stereocenters. The first-order valence-electron chi connectivity index (χ1n) is 9.20. The summed E-state index contributed by atoms with van der Waals surface area (Å²) in [5.41, 5.74) is 3.47. The van der Waals surface area contributed by atoms with Gasteiger partial charge in [0.1, 0.15) is 5.82 Å². The van der Waals surface area contributed by atoms with E-state index in [0.717, 1.165) is 36.8 Å². The van der Waals surface area contributed by atoms with Crippen molar-refractivity contribution in [1.82, 2.24) is 15.3 Å². The molecule has 2 heterocycles. The van der Waals surface area contributed by atoms with E-state index in [0.29, 0.717) is 5.92 Å². The van der Waals surface area contributed by atoms with Gasteiger partial charge in [0.2, 0.25) is 0 Å². The van der Waals surface area contributed by atoms with Gasteiger partial charge in [-0.25, -0.2) is 9.97 Å². The van der Waals surface area contributed by atoms with Gasteiger partial charge in [0, 0.05) is 25.4 Å². The highest BCUT2D eigenvalue weighted by Gasteiger charge is 2.17. The summed E-state index contributed by atoms with van der Waals surface area (Å²) in [7, 11) is 2.11. The average molecular weight is 344 g/mol. The zero-order valence-corrected chi connectivity index (χ0v) is 15.1. The first kappa shape index (κ1) is 16.7. The summed E-state index contributed by atoms with van der Waals surface area (Å²) in [6.07, 6.45) is 3.09. The molecule has 4 heteroatoms. The summed E-state index contributed by atoms with van der Waals surface area (Å²) >= 11 is 0. The van der Waals surface area contributed by atoms with Crippen LogP contribution in [0.15, 0.2) is 66.9 Å². The molecule has 1 aliphatic rings. The van der Waals surface area contributed by atoms with E-state index in [1.54, 1.807) is 0 Å². The minimum Gasteiger partial charge on any atom is -0.359 e. The van der Waals surface area contributed by atoms with Crippen molar-refractivity contribution in [2.75, 3.05) is 31.6 Å². The third kappa shape index (κ3) is 3.75. The van der Waals surface area contributed by atoms with Gasteiger partial charge in [-0.15, -0.1) is 0 Å². The number of nitrogens with one attached hydrogen (secondary N) is 1. The molecule has 0 radical (unpaired) electrons. The fourth-order valence-electron chi connectivity index (χ4n) is 3.49. The van der Waals surface area contributed by atoms with Crippen LogP contribution in [-0.2, 0) is 0 Å². The molecule has 1 atom stereocenters. The van der Waals surface area contributed by atoms with Gasteiger partial charge in [-0.05, 0) is 42.6 Å². The van der Waals surface area contributed by atoms with Crippen molar-refractivity contribution in [3.63, 3.8) is 0 Å². The molecule has 0 saturated carbocycles. The van der Waals surface area contributed by atoms with Crippen molar-refractivity contribution in [1.29, 1.82) is 0 Å². The number of hydrogen-bond acceptors (Lipinski definition) is 4. The van der Waals surface area contributed by atoms with Gasteiger partial charge in [0.25, 0.3) is 0 Å². The molecule has 132 valence electrons. The molecule has 1 fully saturated rings. The molecule has 4 rings (SSSR count). The Morgan fingerprint density at radius 2 is 1.69 bits per heavy atom. The zero-order valence-electron chi connectivity index (χ0n) is 15.1. The van der Waals surface area contributed by atoms with Crippen LogP contribution in [0.2, 0.25) is 0 Å². The summed E-state index contributed by atoms with van der Waals surface area (Å²) < 4.78 is 0. The Bertz CT molecular complexity index is 840. The number of benzene rings is 2. The number of rotatable bonds is 5. The zero-order chi connectivity index (χ0) is 17.8. The summed E-state index contributed by atoms with van der Waals surface area (Å²) in [5.74, 6) is 2.45. The third-order valence-corrected chi connectivity index (χ3v) is 4.98. The molecule has 1 aromatic heterocycles. The van der Waals surface area contributed by atoms with Crippen molar-refractivity contribution in [3.8, 4) is 22.5 Å². The lowest BCUT2D eigenvalue weighted by Crippen LogP contribution is -2.27. The van der Waals surface area contributed by atoms with E-state index in [-0.39, 0.29) is 0 Å². The quantitative estimate of drug-likeness (QED) is 0.763. The molecule has 1 aliphatic heterocycles. The Morgan fingerprint density at radius 3 is 2.42 bits per heavy atom. The van der Waals surface area contributed by atoms with E-state index in [1.165, 1.54) is 17.5 Å². The Morgan fingerprint density at radius 1 is 0.962 bits per heavy atom. The predicted octanol–water partition coefficient (Wildman–Crippen LogP) is 3.86. The van der Waals surface area contributed by atoms with Crippen molar-refractivity contribution < 1.29 is 0 Å². The largest absolute Gasteiger partial charge is 0.359 e. The highest BCUT2D eigenvalue weighted by atomic mass is 15.2.